The minimum absolute atomic E-state index is 0.0707. The average Bonchev–Trinajstić information content (AvgIpc) is 3.39. The molecule has 0 aliphatic rings. The van der Waals surface area contributed by atoms with E-state index in [9.17, 15) is 9.59 Å². The quantitative estimate of drug-likeness (QED) is 0.398. The number of aryl methyl sites for hydroxylation is 4. The highest BCUT2D eigenvalue weighted by molar-refractivity contribution is 5.89. The first-order valence-electron chi connectivity index (χ1n) is 10.6. The summed E-state index contributed by atoms with van der Waals surface area (Å²) in [5, 5.41) is 8.87. The Bertz CT molecular complexity index is 1570. The summed E-state index contributed by atoms with van der Waals surface area (Å²) in [5.41, 5.74) is 5.19. The molecule has 5 aromatic rings. The Balaban J connectivity index is 1.43. The summed E-state index contributed by atoms with van der Waals surface area (Å²) < 4.78 is 10.9. The van der Waals surface area contributed by atoms with E-state index in [2.05, 4.69) is 26.9 Å². The van der Waals surface area contributed by atoms with Crippen molar-refractivity contribution in [3.63, 3.8) is 0 Å². The lowest BCUT2D eigenvalue weighted by Crippen LogP contribution is -2.20. The summed E-state index contributed by atoms with van der Waals surface area (Å²) in [5.74, 6) is 0.381. The van der Waals surface area contributed by atoms with Crippen molar-refractivity contribution < 1.29 is 9.53 Å². The molecule has 0 fully saturated rings. The Morgan fingerprint density at radius 2 is 1.64 bits per heavy atom. The van der Waals surface area contributed by atoms with E-state index in [1.54, 1.807) is 23.6 Å². The fraction of sp³-hybridized carbons (Fsp3) is 0.200. The summed E-state index contributed by atoms with van der Waals surface area (Å²) >= 11 is 0. The SMILES string of the molecule is Cc1ccc2c(c1)c(=O)n(C)c1nnc(COC(=O)c3ccc(-n4c(C)ccc4C)cc3)n21. The third-order valence-electron chi connectivity index (χ3n) is 5.91. The Labute approximate surface area is 189 Å². The minimum Gasteiger partial charge on any atom is -0.454 e. The van der Waals surface area contributed by atoms with Crippen LogP contribution in [0.2, 0.25) is 0 Å². The van der Waals surface area contributed by atoms with Gasteiger partial charge in [-0.05, 0) is 69.3 Å². The summed E-state index contributed by atoms with van der Waals surface area (Å²) in [6.07, 6.45) is 0. The van der Waals surface area contributed by atoms with Crippen molar-refractivity contribution in [3.05, 3.63) is 93.3 Å². The minimum atomic E-state index is -0.454. The van der Waals surface area contributed by atoms with Crippen molar-refractivity contribution in [2.24, 2.45) is 7.05 Å². The molecule has 0 bridgehead atoms. The maximum Gasteiger partial charge on any atom is 0.338 e. The van der Waals surface area contributed by atoms with Gasteiger partial charge in [0.05, 0.1) is 16.5 Å². The number of carbonyl (C=O) groups is 1. The van der Waals surface area contributed by atoms with Crippen LogP contribution in [0.4, 0.5) is 0 Å². The summed E-state index contributed by atoms with van der Waals surface area (Å²) in [6.45, 7) is 5.94. The number of nitrogens with zero attached hydrogens (tertiary/aromatic N) is 5. The summed E-state index contributed by atoms with van der Waals surface area (Å²) in [6, 6.07) is 17.0. The molecule has 0 saturated heterocycles. The first kappa shape index (κ1) is 20.7. The number of benzene rings is 2. The molecule has 8 heteroatoms. The standard InChI is InChI=1S/C25H23N5O3/c1-15-5-12-21-20(13-15)23(31)28(4)25-27-26-22(30(21)25)14-33-24(32)18-8-10-19(11-9-18)29-16(2)6-7-17(29)3/h5-13H,14H2,1-4H3. The molecule has 33 heavy (non-hydrogen) atoms. The van der Waals surface area contributed by atoms with Crippen LogP contribution in [0.3, 0.4) is 0 Å². The second kappa shape index (κ2) is 7.74. The van der Waals surface area contributed by atoms with E-state index in [1.807, 2.05) is 51.1 Å². The molecule has 3 heterocycles. The van der Waals surface area contributed by atoms with E-state index in [4.69, 9.17) is 4.74 Å². The zero-order valence-corrected chi connectivity index (χ0v) is 18.9. The van der Waals surface area contributed by atoms with Crippen molar-refractivity contribution in [1.82, 2.24) is 23.7 Å². The second-order valence-corrected chi connectivity index (χ2v) is 8.21. The molecule has 0 radical (unpaired) electrons. The number of rotatable bonds is 4. The first-order chi connectivity index (χ1) is 15.8. The molecule has 0 aliphatic carbocycles. The lowest BCUT2D eigenvalue weighted by atomic mass is 10.1. The number of ether oxygens (including phenoxy) is 1. The van der Waals surface area contributed by atoms with Crippen molar-refractivity contribution in [3.8, 4) is 5.69 Å². The van der Waals surface area contributed by atoms with Gasteiger partial charge in [0.25, 0.3) is 5.56 Å². The fourth-order valence-corrected chi connectivity index (χ4v) is 4.19. The van der Waals surface area contributed by atoms with Gasteiger partial charge in [-0.25, -0.2) is 4.79 Å². The second-order valence-electron chi connectivity index (χ2n) is 8.21. The predicted octanol–water partition coefficient (Wildman–Crippen LogP) is 3.65. The summed E-state index contributed by atoms with van der Waals surface area (Å²) in [4.78, 5) is 25.4. The molecule has 5 rings (SSSR count). The predicted molar refractivity (Wildman–Crippen MR) is 125 cm³/mol. The highest BCUT2D eigenvalue weighted by Crippen LogP contribution is 2.19. The van der Waals surface area contributed by atoms with Crippen LogP contribution in [0.15, 0.2) is 59.4 Å². The topological polar surface area (TPSA) is 83.4 Å². The molecule has 0 amide bonds. The fourth-order valence-electron chi connectivity index (χ4n) is 4.19. The molecule has 0 spiro atoms. The average molecular weight is 441 g/mol. The van der Waals surface area contributed by atoms with Crippen LogP contribution in [0, 0.1) is 20.8 Å². The number of hydrogen-bond donors (Lipinski definition) is 0. The van der Waals surface area contributed by atoms with E-state index >= 15 is 0 Å². The third kappa shape index (κ3) is 3.40. The van der Waals surface area contributed by atoms with Crippen LogP contribution < -0.4 is 5.56 Å². The lowest BCUT2D eigenvalue weighted by molar-refractivity contribution is 0.0461. The van der Waals surface area contributed by atoms with E-state index in [-0.39, 0.29) is 12.2 Å². The smallest absolute Gasteiger partial charge is 0.338 e. The van der Waals surface area contributed by atoms with Crippen molar-refractivity contribution in [2.75, 3.05) is 0 Å². The molecule has 3 aromatic heterocycles. The molecular weight excluding hydrogens is 418 g/mol. The molecule has 0 unspecified atom stereocenters. The normalized spacial score (nSPS) is 11.4. The maximum absolute atomic E-state index is 12.7. The number of aromatic nitrogens is 5. The largest absolute Gasteiger partial charge is 0.454 e. The van der Waals surface area contributed by atoms with Crippen LogP contribution in [0.25, 0.3) is 22.4 Å². The molecule has 0 aliphatic heterocycles. The zero-order valence-electron chi connectivity index (χ0n) is 18.9. The van der Waals surface area contributed by atoms with E-state index in [0.717, 1.165) is 22.6 Å². The third-order valence-corrected chi connectivity index (χ3v) is 5.91. The molecule has 0 atom stereocenters. The maximum atomic E-state index is 12.7. The highest BCUT2D eigenvalue weighted by Gasteiger charge is 2.17. The van der Waals surface area contributed by atoms with Gasteiger partial charge in [0, 0.05) is 24.1 Å². The Morgan fingerprint density at radius 3 is 2.33 bits per heavy atom. The molecule has 2 aromatic carbocycles. The van der Waals surface area contributed by atoms with E-state index in [1.165, 1.54) is 4.57 Å². The highest BCUT2D eigenvalue weighted by atomic mass is 16.5. The van der Waals surface area contributed by atoms with E-state index in [0.29, 0.717) is 28.1 Å². The van der Waals surface area contributed by atoms with Crippen molar-refractivity contribution >= 4 is 22.6 Å². The Kier molecular flexibility index (Phi) is 4.85. The Morgan fingerprint density at radius 1 is 0.939 bits per heavy atom. The zero-order chi connectivity index (χ0) is 23.3. The molecule has 166 valence electrons. The number of carbonyl (C=O) groups excluding carboxylic acids is 1. The molecule has 0 N–H and O–H groups in total. The number of hydrogen-bond acceptors (Lipinski definition) is 5. The van der Waals surface area contributed by atoms with Gasteiger partial charge in [-0.2, -0.15) is 0 Å². The van der Waals surface area contributed by atoms with Crippen LogP contribution in [0.5, 0.6) is 0 Å². The van der Waals surface area contributed by atoms with Gasteiger partial charge in [0.1, 0.15) is 0 Å². The molecular formula is C25H23N5O3. The van der Waals surface area contributed by atoms with Gasteiger partial charge in [-0.15, -0.1) is 10.2 Å². The van der Waals surface area contributed by atoms with Crippen molar-refractivity contribution in [1.29, 1.82) is 0 Å². The molecule has 8 nitrogen and oxygen atoms in total. The monoisotopic (exact) mass is 441 g/mol. The van der Waals surface area contributed by atoms with Gasteiger partial charge in [0.2, 0.25) is 5.78 Å². The van der Waals surface area contributed by atoms with Crippen LogP contribution in [-0.2, 0) is 18.4 Å². The number of esters is 1. The van der Waals surface area contributed by atoms with Crippen molar-refractivity contribution in [2.45, 2.75) is 27.4 Å². The van der Waals surface area contributed by atoms with Gasteiger partial charge in [-0.1, -0.05) is 11.6 Å². The van der Waals surface area contributed by atoms with E-state index < -0.39 is 5.97 Å². The molecule has 0 saturated carbocycles. The van der Waals surface area contributed by atoms with Crippen LogP contribution in [0.1, 0.15) is 33.1 Å². The van der Waals surface area contributed by atoms with Gasteiger partial charge >= 0.3 is 5.97 Å². The van der Waals surface area contributed by atoms with Gasteiger partial charge in [-0.3, -0.25) is 13.8 Å². The van der Waals surface area contributed by atoms with Crippen LogP contribution in [-0.4, -0.2) is 29.7 Å². The van der Waals surface area contributed by atoms with Gasteiger partial charge in [0.15, 0.2) is 12.4 Å². The summed E-state index contributed by atoms with van der Waals surface area (Å²) in [7, 11) is 1.65. The first-order valence-corrected chi connectivity index (χ1v) is 10.6. The lowest BCUT2D eigenvalue weighted by Gasteiger charge is -2.11. The Hall–Kier alpha value is -4.20. The van der Waals surface area contributed by atoms with Crippen LogP contribution >= 0.6 is 0 Å². The number of fused-ring (bicyclic) bond motifs is 3. The van der Waals surface area contributed by atoms with Gasteiger partial charge < -0.3 is 9.30 Å².